The van der Waals surface area contributed by atoms with Crippen molar-refractivity contribution in [2.75, 3.05) is 13.6 Å². The van der Waals surface area contributed by atoms with E-state index in [4.69, 9.17) is 4.42 Å². The molecular weight excluding hydrogens is 304 g/mol. The second-order valence-corrected chi connectivity index (χ2v) is 7.40. The van der Waals surface area contributed by atoms with Crippen LogP contribution in [0, 0.1) is 11.8 Å². The van der Waals surface area contributed by atoms with Gasteiger partial charge in [-0.3, -0.25) is 9.59 Å². The van der Waals surface area contributed by atoms with Gasteiger partial charge in [0.05, 0.1) is 6.54 Å². The Morgan fingerprint density at radius 3 is 2.67 bits per heavy atom. The SMILES string of the molecule is CC1CC1c1ccc(CN(C)C(=O)CCNC(=O)C2CCCC2)o1. The lowest BCUT2D eigenvalue weighted by atomic mass is 10.1. The minimum absolute atomic E-state index is 0.0273. The van der Waals surface area contributed by atoms with Gasteiger partial charge in [0, 0.05) is 31.8 Å². The van der Waals surface area contributed by atoms with Gasteiger partial charge in [-0.25, -0.2) is 0 Å². The Bertz CT molecular complexity index is 589. The van der Waals surface area contributed by atoms with E-state index in [1.165, 1.54) is 6.42 Å². The Kier molecular flexibility index (Phi) is 5.27. The quantitative estimate of drug-likeness (QED) is 0.835. The largest absolute Gasteiger partial charge is 0.464 e. The predicted octanol–water partition coefficient (Wildman–Crippen LogP) is 3.06. The number of hydrogen-bond acceptors (Lipinski definition) is 3. The van der Waals surface area contributed by atoms with Gasteiger partial charge in [-0.15, -0.1) is 0 Å². The van der Waals surface area contributed by atoms with Gasteiger partial charge >= 0.3 is 0 Å². The van der Waals surface area contributed by atoms with Gasteiger partial charge in [-0.05, 0) is 37.3 Å². The third-order valence-electron chi connectivity index (χ3n) is 5.34. The van der Waals surface area contributed by atoms with Gasteiger partial charge in [0.15, 0.2) is 0 Å². The molecule has 0 spiro atoms. The fourth-order valence-electron chi connectivity index (χ4n) is 3.54. The first-order chi connectivity index (χ1) is 11.5. The average molecular weight is 332 g/mol. The van der Waals surface area contributed by atoms with Crippen LogP contribution in [0.2, 0.25) is 0 Å². The summed E-state index contributed by atoms with van der Waals surface area (Å²) in [6, 6.07) is 4.00. The number of furan rings is 1. The monoisotopic (exact) mass is 332 g/mol. The smallest absolute Gasteiger partial charge is 0.224 e. The van der Waals surface area contributed by atoms with E-state index in [1.54, 1.807) is 11.9 Å². The minimum atomic E-state index is 0.0273. The second kappa shape index (κ2) is 7.41. The first-order valence-electron chi connectivity index (χ1n) is 9.15. The zero-order valence-electron chi connectivity index (χ0n) is 14.7. The lowest BCUT2D eigenvalue weighted by Gasteiger charge is -2.16. The van der Waals surface area contributed by atoms with Gasteiger partial charge in [-0.2, -0.15) is 0 Å². The molecule has 2 amide bonds. The molecule has 5 nitrogen and oxygen atoms in total. The standard InChI is InChI=1S/C19H28N2O3/c1-13-11-16(13)17-8-7-15(24-17)12-21(2)18(22)9-10-20-19(23)14-5-3-4-6-14/h7-8,13-14,16H,3-6,9-12H2,1-2H3,(H,20,23). The van der Waals surface area contributed by atoms with Crippen molar-refractivity contribution in [1.82, 2.24) is 10.2 Å². The van der Waals surface area contributed by atoms with Crippen LogP contribution >= 0.6 is 0 Å². The van der Waals surface area contributed by atoms with E-state index in [0.29, 0.717) is 31.3 Å². The van der Waals surface area contributed by atoms with Gasteiger partial charge < -0.3 is 14.6 Å². The molecule has 0 bridgehead atoms. The van der Waals surface area contributed by atoms with Gasteiger partial charge in [0.2, 0.25) is 11.8 Å². The molecule has 2 aliphatic rings. The first-order valence-corrected chi connectivity index (χ1v) is 9.15. The maximum atomic E-state index is 12.2. The molecule has 0 saturated heterocycles. The van der Waals surface area contributed by atoms with E-state index in [2.05, 4.69) is 12.2 Å². The average Bonchev–Trinajstić information content (AvgIpc) is 3.01. The highest BCUT2D eigenvalue weighted by Crippen LogP contribution is 2.47. The van der Waals surface area contributed by atoms with Crippen molar-refractivity contribution < 1.29 is 14.0 Å². The molecule has 24 heavy (non-hydrogen) atoms. The van der Waals surface area contributed by atoms with E-state index >= 15 is 0 Å². The zero-order chi connectivity index (χ0) is 17.1. The Morgan fingerprint density at radius 2 is 2.00 bits per heavy atom. The molecule has 2 unspecified atom stereocenters. The van der Waals surface area contributed by atoms with E-state index < -0.39 is 0 Å². The molecule has 2 atom stereocenters. The lowest BCUT2D eigenvalue weighted by molar-refractivity contribution is -0.130. The Labute approximate surface area is 143 Å². The van der Waals surface area contributed by atoms with Crippen molar-refractivity contribution in [3.05, 3.63) is 23.7 Å². The summed E-state index contributed by atoms with van der Waals surface area (Å²) >= 11 is 0. The summed E-state index contributed by atoms with van der Waals surface area (Å²) in [6.45, 7) is 3.13. The highest BCUT2D eigenvalue weighted by Gasteiger charge is 2.36. The van der Waals surface area contributed by atoms with Gasteiger partial charge in [-0.1, -0.05) is 19.8 Å². The van der Waals surface area contributed by atoms with Crippen LogP contribution in [-0.4, -0.2) is 30.3 Å². The number of nitrogens with one attached hydrogen (secondary N) is 1. The number of amides is 2. The maximum Gasteiger partial charge on any atom is 0.224 e. The molecule has 1 heterocycles. The van der Waals surface area contributed by atoms with Crippen LogP contribution in [0.1, 0.15) is 62.9 Å². The summed E-state index contributed by atoms with van der Waals surface area (Å²) in [6.07, 6.45) is 5.79. The van der Waals surface area contributed by atoms with Crippen molar-refractivity contribution in [1.29, 1.82) is 0 Å². The summed E-state index contributed by atoms with van der Waals surface area (Å²) in [7, 11) is 1.78. The van der Waals surface area contributed by atoms with Crippen molar-refractivity contribution in [2.24, 2.45) is 11.8 Å². The van der Waals surface area contributed by atoms with Crippen LogP contribution in [0.5, 0.6) is 0 Å². The molecule has 1 N–H and O–H groups in total. The second-order valence-electron chi connectivity index (χ2n) is 7.40. The summed E-state index contributed by atoms with van der Waals surface area (Å²) < 4.78 is 5.85. The summed E-state index contributed by atoms with van der Waals surface area (Å²) in [4.78, 5) is 25.8. The van der Waals surface area contributed by atoms with Gasteiger partial charge in [0.25, 0.3) is 0 Å². The maximum absolute atomic E-state index is 12.2. The molecule has 0 aromatic carbocycles. The lowest BCUT2D eigenvalue weighted by Crippen LogP contribution is -2.34. The van der Waals surface area contributed by atoms with Crippen LogP contribution in [0.15, 0.2) is 16.5 Å². The molecule has 1 aromatic heterocycles. The molecule has 0 radical (unpaired) electrons. The van der Waals surface area contributed by atoms with Crippen molar-refractivity contribution >= 4 is 11.8 Å². The number of carbonyl (C=O) groups is 2. The Hall–Kier alpha value is -1.78. The summed E-state index contributed by atoms with van der Waals surface area (Å²) in [5.74, 6) is 3.44. The van der Waals surface area contributed by atoms with Crippen LogP contribution in [0.25, 0.3) is 0 Å². The molecule has 5 heteroatoms. The molecule has 2 saturated carbocycles. The number of rotatable bonds is 7. The van der Waals surface area contributed by atoms with E-state index in [0.717, 1.165) is 37.2 Å². The van der Waals surface area contributed by atoms with Crippen LogP contribution < -0.4 is 5.32 Å². The van der Waals surface area contributed by atoms with E-state index in [9.17, 15) is 9.59 Å². The summed E-state index contributed by atoms with van der Waals surface area (Å²) in [5, 5.41) is 2.90. The molecule has 1 aromatic rings. The normalized spacial score (nSPS) is 23.2. The topological polar surface area (TPSA) is 62.6 Å². The number of carbonyl (C=O) groups excluding carboxylic acids is 2. The van der Waals surface area contributed by atoms with Crippen LogP contribution in [0.4, 0.5) is 0 Å². The Balaban J connectivity index is 1.38. The van der Waals surface area contributed by atoms with Crippen LogP contribution in [0.3, 0.4) is 0 Å². The molecule has 132 valence electrons. The number of hydrogen-bond donors (Lipinski definition) is 1. The summed E-state index contributed by atoms with van der Waals surface area (Å²) in [5.41, 5.74) is 0. The number of nitrogens with zero attached hydrogens (tertiary/aromatic N) is 1. The minimum Gasteiger partial charge on any atom is -0.464 e. The van der Waals surface area contributed by atoms with Crippen LogP contribution in [-0.2, 0) is 16.1 Å². The Morgan fingerprint density at radius 1 is 1.29 bits per heavy atom. The zero-order valence-corrected chi connectivity index (χ0v) is 14.7. The van der Waals surface area contributed by atoms with E-state index in [-0.39, 0.29) is 17.7 Å². The van der Waals surface area contributed by atoms with Gasteiger partial charge in [0.1, 0.15) is 11.5 Å². The predicted molar refractivity (Wildman–Crippen MR) is 91.3 cm³/mol. The highest BCUT2D eigenvalue weighted by molar-refractivity contribution is 5.80. The van der Waals surface area contributed by atoms with Crippen molar-refractivity contribution in [2.45, 2.75) is 57.9 Å². The fourth-order valence-corrected chi connectivity index (χ4v) is 3.54. The van der Waals surface area contributed by atoms with Crippen molar-refractivity contribution in [3.8, 4) is 0 Å². The molecule has 2 aliphatic carbocycles. The molecule has 0 aliphatic heterocycles. The third-order valence-corrected chi connectivity index (χ3v) is 5.34. The molecular formula is C19H28N2O3. The van der Waals surface area contributed by atoms with Crippen molar-refractivity contribution in [3.63, 3.8) is 0 Å². The molecule has 3 rings (SSSR count). The first kappa shape index (κ1) is 17.1. The highest BCUT2D eigenvalue weighted by atomic mass is 16.3. The van der Waals surface area contributed by atoms with E-state index in [1.807, 2.05) is 12.1 Å². The molecule has 2 fully saturated rings. The third kappa shape index (κ3) is 4.19. The fraction of sp³-hybridized carbons (Fsp3) is 0.684.